The second kappa shape index (κ2) is 15.7. The molecule has 0 bridgehead atoms. The molecule has 0 fully saturated rings. The molecule has 2 aromatic rings. The number of anilines is 1. The van der Waals surface area contributed by atoms with Crippen molar-refractivity contribution in [3.05, 3.63) is 59.7 Å². The Hall–Kier alpha value is -3.53. The highest BCUT2D eigenvalue weighted by molar-refractivity contribution is 7.92. The third kappa shape index (κ3) is 11.7. The average molecular weight is 547 g/mol. The molecule has 0 aliphatic heterocycles. The number of aryl methyl sites for hydroxylation is 1. The monoisotopic (exact) mass is 546 g/mol. The number of hydrogen-bond acceptors (Lipinski definition) is 6. The van der Waals surface area contributed by atoms with E-state index in [4.69, 9.17) is 14.6 Å². The van der Waals surface area contributed by atoms with Gasteiger partial charge in [-0.3, -0.25) is 14.3 Å². The molecule has 0 unspecified atom stereocenters. The molecule has 2 aromatic carbocycles. The first-order valence-electron chi connectivity index (χ1n) is 12.6. The van der Waals surface area contributed by atoms with Crippen LogP contribution < -0.4 is 14.2 Å². The van der Waals surface area contributed by atoms with Crippen LogP contribution in [-0.4, -0.2) is 63.9 Å². The number of amides is 1. The molecule has 0 saturated heterocycles. The molecule has 0 atom stereocenters. The van der Waals surface area contributed by atoms with Gasteiger partial charge in [-0.05, 0) is 73.6 Å². The number of ether oxygens (including phenoxy) is 2. The van der Waals surface area contributed by atoms with E-state index in [1.165, 1.54) is 4.90 Å². The fourth-order valence-corrected chi connectivity index (χ4v) is 4.68. The summed E-state index contributed by atoms with van der Waals surface area (Å²) in [5.74, 6) is 0.0877. The first-order valence-corrected chi connectivity index (χ1v) is 14.2. The Morgan fingerprint density at radius 2 is 1.76 bits per heavy atom. The number of methoxy groups -OCH3 is 1. The summed E-state index contributed by atoms with van der Waals surface area (Å²) in [7, 11) is 1.22. The maximum Gasteiger partial charge on any atom is 0.303 e. The number of allylic oxidation sites excluding steroid dienone is 1. The van der Waals surface area contributed by atoms with Crippen molar-refractivity contribution in [2.24, 2.45) is 0 Å². The summed E-state index contributed by atoms with van der Waals surface area (Å²) in [6, 6.07) is 12.7. The normalized spacial score (nSPS) is 11.3. The minimum atomic E-state index is -3.66. The van der Waals surface area contributed by atoms with Gasteiger partial charge in [0.05, 0.1) is 19.5 Å². The van der Waals surface area contributed by atoms with E-state index < -0.39 is 16.0 Å². The van der Waals surface area contributed by atoms with E-state index in [1.807, 2.05) is 24.3 Å². The first kappa shape index (κ1) is 30.7. The lowest BCUT2D eigenvalue weighted by Crippen LogP contribution is -2.23. The van der Waals surface area contributed by atoms with Gasteiger partial charge in [0.25, 0.3) is 0 Å². The van der Waals surface area contributed by atoms with E-state index in [2.05, 4.69) is 16.9 Å². The van der Waals surface area contributed by atoms with Crippen LogP contribution in [0.2, 0.25) is 0 Å². The molecule has 0 spiro atoms. The number of sulfonamides is 1. The predicted octanol–water partition coefficient (Wildman–Crippen LogP) is 4.59. The van der Waals surface area contributed by atoms with Crippen LogP contribution in [-0.2, 0) is 26.0 Å². The SMILES string of the molecule is COc1ccc(/C=C/CCCCOc2ccc(NS(=O)(=O)CCCC(=O)N(C)C)cc2CCC(=O)O)cc1. The maximum absolute atomic E-state index is 12.5. The average Bonchev–Trinajstić information content (AvgIpc) is 2.87. The molecular formula is C28H38N2O7S. The molecule has 208 valence electrons. The minimum absolute atomic E-state index is 0.102. The van der Waals surface area contributed by atoms with Gasteiger partial charge in [0.15, 0.2) is 0 Å². The largest absolute Gasteiger partial charge is 0.497 e. The molecule has 0 heterocycles. The second-order valence-corrected chi connectivity index (χ2v) is 10.9. The van der Waals surface area contributed by atoms with E-state index in [0.717, 1.165) is 30.6 Å². The Bertz CT molecular complexity index is 1180. The van der Waals surface area contributed by atoms with Gasteiger partial charge in [0, 0.05) is 32.6 Å². The number of aliphatic carboxylic acids is 1. The van der Waals surface area contributed by atoms with E-state index in [1.54, 1.807) is 39.4 Å². The first-order chi connectivity index (χ1) is 18.1. The predicted molar refractivity (Wildman–Crippen MR) is 149 cm³/mol. The zero-order valence-corrected chi connectivity index (χ0v) is 23.1. The summed E-state index contributed by atoms with van der Waals surface area (Å²) < 4.78 is 38.5. The molecule has 0 saturated carbocycles. The quantitative estimate of drug-likeness (QED) is 0.278. The molecule has 10 heteroatoms. The smallest absolute Gasteiger partial charge is 0.303 e. The fourth-order valence-electron chi connectivity index (χ4n) is 3.57. The van der Waals surface area contributed by atoms with Crippen molar-refractivity contribution in [2.75, 3.05) is 38.3 Å². The third-order valence-electron chi connectivity index (χ3n) is 5.69. The summed E-state index contributed by atoms with van der Waals surface area (Å²) >= 11 is 0. The Labute approximate surface area is 225 Å². The third-order valence-corrected chi connectivity index (χ3v) is 7.07. The fraction of sp³-hybridized carbons (Fsp3) is 0.429. The number of carbonyl (C=O) groups excluding carboxylic acids is 1. The van der Waals surface area contributed by atoms with Gasteiger partial charge in [0.1, 0.15) is 11.5 Å². The number of hydrogen-bond donors (Lipinski definition) is 2. The number of rotatable bonds is 17. The van der Waals surface area contributed by atoms with Gasteiger partial charge in [-0.1, -0.05) is 24.3 Å². The number of carboxylic acids is 1. The Morgan fingerprint density at radius 1 is 1.03 bits per heavy atom. The lowest BCUT2D eigenvalue weighted by molar-refractivity contribution is -0.137. The van der Waals surface area contributed by atoms with Crippen LogP contribution in [0.1, 0.15) is 49.7 Å². The van der Waals surface area contributed by atoms with E-state index in [0.29, 0.717) is 23.6 Å². The standard InChI is InChI=1S/C28H38N2O7S/c1-30(2)27(31)10-8-20-38(34,35)29-24-14-17-26(23(21-24)13-18-28(32)33)37-19-7-5-4-6-9-22-11-15-25(36-3)16-12-22/h6,9,11-12,14-17,21,29H,4-5,7-8,10,13,18-20H2,1-3H3,(H,32,33)/b9-6+. The molecular weight excluding hydrogens is 508 g/mol. The Kier molecular flexibility index (Phi) is 12.6. The van der Waals surface area contributed by atoms with Crippen molar-refractivity contribution in [2.45, 2.75) is 44.9 Å². The zero-order valence-electron chi connectivity index (χ0n) is 22.3. The van der Waals surface area contributed by atoms with Crippen molar-refractivity contribution < 1.29 is 32.6 Å². The van der Waals surface area contributed by atoms with Crippen LogP contribution in [0.15, 0.2) is 48.5 Å². The van der Waals surface area contributed by atoms with Crippen molar-refractivity contribution in [3.63, 3.8) is 0 Å². The number of benzene rings is 2. The zero-order chi connectivity index (χ0) is 28.0. The van der Waals surface area contributed by atoms with E-state index in [9.17, 15) is 18.0 Å². The number of nitrogens with zero attached hydrogens (tertiary/aromatic N) is 1. The van der Waals surface area contributed by atoms with Crippen molar-refractivity contribution in [1.29, 1.82) is 0 Å². The van der Waals surface area contributed by atoms with Gasteiger partial charge < -0.3 is 19.5 Å². The lowest BCUT2D eigenvalue weighted by atomic mass is 10.1. The summed E-state index contributed by atoms with van der Waals surface area (Å²) in [5, 5.41) is 9.11. The molecule has 38 heavy (non-hydrogen) atoms. The Morgan fingerprint density at radius 3 is 2.42 bits per heavy atom. The maximum atomic E-state index is 12.5. The summed E-state index contributed by atoms with van der Waals surface area (Å²) in [5.41, 5.74) is 2.05. The van der Waals surface area contributed by atoms with Crippen molar-refractivity contribution in [3.8, 4) is 11.5 Å². The highest BCUT2D eigenvalue weighted by atomic mass is 32.2. The van der Waals surface area contributed by atoms with Gasteiger partial charge in [-0.15, -0.1) is 0 Å². The van der Waals surface area contributed by atoms with Crippen LogP contribution in [0.25, 0.3) is 6.08 Å². The molecule has 2 N–H and O–H groups in total. The van der Waals surface area contributed by atoms with Crippen LogP contribution in [0.4, 0.5) is 5.69 Å². The van der Waals surface area contributed by atoms with Crippen molar-refractivity contribution >= 4 is 33.7 Å². The van der Waals surface area contributed by atoms with Gasteiger partial charge in [0.2, 0.25) is 15.9 Å². The molecule has 1 amide bonds. The van der Waals surface area contributed by atoms with Crippen LogP contribution in [0, 0.1) is 0 Å². The van der Waals surface area contributed by atoms with E-state index >= 15 is 0 Å². The Balaban J connectivity index is 1.88. The number of carboxylic acid groups (broad SMARTS) is 1. The van der Waals surface area contributed by atoms with Gasteiger partial charge in [-0.2, -0.15) is 0 Å². The summed E-state index contributed by atoms with van der Waals surface area (Å²) in [4.78, 5) is 24.2. The van der Waals surface area contributed by atoms with E-state index in [-0.39, 0.29) is 37.3 Å². The lowest BCUT2D eigenvalue weighted by Gasteiger charge is -2.14. The summed E-state index contributed by atoms with van der Waals surface area (Å²) in [6.07, 6.45) is 7.24. The number of unbranched alkanes of at least 4 members (excludes halogenated alkanes) is 2. The number of nitrogens with one attached hydrogen (secondary N) is 1. The minimum Gasteiger partial charge on any atom is -0.497 e. The number of carbonyl (C=O) groups is 2. The topological polar surface area (TPSA) is 122 Å². The van der Waals surface area contributed by atoms with Gasteiger partial charge >= 0.3 is 5.97 Å². The molecule has 9 nitrogen and oxygen atoms in total. The highest BCUT2D eigenvalue weighted by Gasteiger charge is 2.15. The second-order valence-electron chi connectivity index (χ2n) is 9.05. The molecule has 0 aliphatic rings. The highest BCUT2D eigenvalue weighted by Crippen LogP contribution is 2.26. The van der Waals surface area contributed by atoms with Crippen LogP contribution in [0.5, 0.6) is 11.5 Å². The molecule has 0 aromatic heterocycles. The molecule has 2 rings (SSSR count). The summed E-state index contributed by atoms with van der Waals surface area (Å²) in [6.45, 7) is 0.460. The van der Waals surface area contributed by atoms with Crippen molar-refractivity contribution in [1.82, 2.24) is 4.90 Å². The molecule has 0 radical (unpaired) electrons. The van der Waals surface area contributed by atoms with Gasteiger partial charge in [-0.25, -0.2) is 8.42 Å². The van der Waals surface area contributed by atoms with Crippen LogP contribution >= 0.6 is 0 Å². The molecule has 0 aliphatic carbocycles. The van der Waals surface area contributed by atoms with Crippen LogP contribution in [0.3, 0.4) is 0 Å².